The van der Waals surface area contributed by atoms with Gasteiger partial charge in [-0.05, 0) is 36.4 Å². The molecule has 0 fully saturated rings. The molecule has 0 aliphatic heterocycles. The minimum atomic E-state index is -0.262. The summed E-state index contributed by atoms with van der Waals surface area (Å²) in [5.74, 6) is 0.507. The van der Waals surface area contributed by atoms with Gasteiger partial charge in [-0.3, -0.25) is 4.99 Å². The third kappa shape index (κ3) is 2.25. The number of aliphatic imine (C=N–C) groups is 1. The summed E-state index contributed by atoms with van der Waals surface area (Å²) in [6.07, 6.45) is 1.69. The molecule has 3 rings (SSSR count). The highest BCUT2D eigenvalue weighted by Crippen LogP contribution is 2.15. The Morgan fingerprint density at radius 2 is 1.84 bits per heavy atom. The maximum atomic E-state index is 12.8. The van der Waals surface area contributed by atoms with Crippen LogP contribution in [0, 0.1) is 5.82 Å². The van der Waals surface area contributed by atoms with Crippen molar-refractivity contribution in [3.05, 3.63) is 60.2 Å². The predicted octanol–water partition coefficient (Wildman–Crippen LogP) is 3.46. The molecule has 0 saturated heterocycles. The fourth-order valence-electron chi connectivity index (χ4n) is 1.94. The Kier molecular flexibility index (Phi) is 2.83. The van der Waals surface area contributed by atoms with Crippen molar-refractivity contribution >= 4 is 22.9 Å². The van der Waals surface area contributed by atoms with Gasteiger partial charge in [-0.2, -0.15) is 0 Å². The maximum absolute atomic E-state index is 12.8. The molecule has 3 aromatic rings. The number of para-hydroxylation sites is 2. The molecule has 0 unspecified atom stereocenters. The molecule has 0 spiro atoms. The van der Waals surface area contributed by atoms with Crippen molar-refractivity contribution in [2.24, 2.45) is 12.0 Å². The van der Waals surface area contributed by atoms with Crippen LogP contribution in [0.4, 0.5) is 10.1 Å². The average molecular weight is 253 g/mol. The van der Waals surface area contributed by atoms with Gasteiger partial charge < -0.3 is 4.57 Å². The van der Waals surface area contributed by atoms with Crippen LogP contribution < -0.4 is 0 Å². The number of rotatable bonds is 2. The fraction of sp³-hybridized carbons (Fsp3) is 0.0667. The van der Waals surface area contributed by atoms with Crippen molar-refractivity contribution in [1.29, 1.82) is 0 Å². The Morgan fingerprint density at radius 1 is 1.11 bits per heavy atom. The first-order valence-electron chi connectivity index (χ1n) is 5.95. The predicted molar refractivity (Wildman–Crippen MR) is 74.4 cm³/mol. The fourth-order valence-corrected chi connectivity index (χ4v) is 1.94. The number of halogens is 1. The van der Waals surface area contributed by atoms with Crippen LogP contribution in [-0.2, 0) is 7.05 Å². The number of benzene rings is 2. The van der Waals surface area contributed by atoms with Crippen LogP contribution in [0.1, 0.15) is 5.82 Å². The molecule has 0 aliphatic rings. The van der Waals surface area contributed by atoms with Crippen molar-refractivity contribution in [3.63, 3.8) is 0 Å². The summed E-state index contributed by atoms with van der Waals surface area (Å²) in [7, 11) is 1.95. The molecule has 0 amide bonds. The molecule has 4 heteroatoms. The van der Waals surface area contributed by atoms with Crippen LogP contribution in [0.15, 0.2) is 53.5 Å². The summed E-state index contributed by atoms with van der Waals surface area (Å²) < 4.78 is 14.8. The minimum absolute atomic E-state index is 0.262. The third-order valence-corrected chi connectivity index (χ3v) is 2.98. The van der Waals surface area contributed by atoms with E-state index in [9.17, 15) is 4.39 Å². The summed E-state index contributed by atoms with van der Waals surface area (Å²) in [5, 5.41) is 0. The van der Waals surface area contributed by atoms with E-state index in [4.69, 9.17) is 0 Å². The van der Waals surface area contributed by atoms with Crippen LogP contribution in [0.25, 0.3) is 11.0 Å². The molecule has 0 bridgehead atoms. The Morgan fingerprint density at radius 3 is 2.58 bits per heavy atom. The van der Waals surface area contributed by atoms with E-state index < -0.39 is 0 Å². The zero-order valence-corrected chi connectivity index (χ0v) is 10.4. The third-order valence-electron chi connectivity index (χ3n) is 2.98. The Labute approximate surface area is 110 Å². The lowest BCUT2D eigenvalue weighted by atomic mass is 10.3. The molecule has 2 aromatic carbocycles. The van der Waals surface area contributed by atoms with E-state index in [1.54, 1.807) is 18.3 Å². The molecule has 94 valence electrons. The summed E-state index contributed by atoms with van der Waals surface area (Å²) in [6.45, 7) is 0. The van der Waals surface area contributed by atoms with Crippen LogP contribution in [0.2, 0.25) is 0 Å². The van der Waals surface area contributed by atoms with Gasteiger partial charge in [0.25, 0.3) is 0 Å². The Bertz CT molecular complexity index is 742. The average Bonchev–Trinajstić information content (AvgIpc) is 2.76. The number of aryl methyl sites for hydroxylation is 1. The first-order valence-corrected chi connectivity index (χ1v) is 5.95. The number of hydrogen-bond acceptors (Lipinski definition) is 2. The van der Waals surface area contributed by atoms with E-state index in [2.05, 4.69) is 9.98 Å². The largest absolute Gasteiger partial charge is 0.326 e. The molecule has 0 aliphatic carbocycles. The normalized spacial score (nSPS) is 11.5. The number of hydrogen-bond donors (Lipinski definition) is 0. The highest BCUT2D eigenvalue weighted by Gasteiger charge is 2.04. The molecule has 0 radical (unpaired) electrons. The second-order valence-electron chi connectivity index (χ2n) is 4.25. The first kappa shape index (κ1) is 11.6. The SMILES string of the molecule is Cn1c(C=Nc2ccc(F)cc2)nc2ccccc21. The Balaban J connectivity index is 1.97. The number of aromatic nitrogens is 2. The van der Waals surface area contributed by atoms with Gasteiger partial charge in [0.2, 0.25) is 0 Å². The molecule has 1 heterocycles. The highest BCUT2D eigenvalue weighted by molar-refractivity contribution is 5.86. The zero-order valence-electron chi connectivity index (χ0n) is 10.4. The van der Waals surface area contributed by atoms with Crippen LogP contribution >= 0.6 is 0 Å². The second kappa shape index (κ2) is 4.65. The molecular weight excluding hydrogens is 241 g/mol. The first-order chi connectivity index (χ1) is 9.24. The lowest BCUT2D eigenvalue weighted by Gasteiger charge is -1.96. The molecule has 19 heavy (non-hydrogen) atoms. The summed E-state index contributed by atoms with van der Waals surface area (Å²) in [6, 6.07) is 14.0. The number of imidazole rings is 1. The van der Waals surface area contributed by atoms with Gasteiger partial charge in [-0.1, -0.05) is 12.1 Å². The van der Waals surface area contributed by atoms with Gasteiger partial charge in [0.15, 0.2) is 5.82 Å². The van der Waals surface area contributed by atoms with E-state index >= 15 is 0 Å². The van der Waals surface area contributed by atoms with Gasteiger partial charge >= 0.3 is 0 Å². The van der Waals surface area contributed by atoms with Crippen molar-refractivity contribution in [1.82, 2.24) is 9.55 Å². The minimum Gasteiger partial charge on any atom is -0.326 e. The van der Waals surface area contributed by atoms with Gasteiger partial charge in [0.1, 0.15) is 5.82 Å². The summed E-state index contributed by atoms with van der Waals surface area (Å²) >= 11 is 0. The van der Waals surface area contributed by atoms with Gasteiger partial charge in [0.05, 0.1) is 22.9 Å². The Hall–Kier alpha value is -2.49. The second-order valence-corrected chi connectivity index (χ2v) is 4.25. The van der Waals surface area contributed by atoms with Crippen LogP contribution in [0.5, 0.6) is 0 Å². The molecule has 3 nitrogen and oxygen atoms in total. The van der Waals surface area contributed by atoms with Gasteiger partial charge in [-0.15, -0.1) is 0 Å². The van der Waals surface area contributed by atoms with E-state index in [0.29, 0.717) is 5.69 Å². The monoisotopic (exact) mass is 253 g/mol. The maximum Gasteiger partial charge on any atom is 0.152 e. The number of fused-ring (bicyclic) bond motifs is 1. The number of nitrogens with zero attached hydrogens (tertiary/aromatic N) is 3. The zero-order chi connectivity index (χ0) is 13.2. The lowest BCUT2D eigenvalue weighted by Crippen LogP contribution is -1.95. The van der Waals surface area contributed by atoms with Gasteiger partial charge in [0, 0.05) is 7.05 Å². The summed E-state index contributed by atoms with van der Waals surface area (Å²) in [4.78, 5) is 8.78. The van der Waals surface area contributed by atoms with Crippen LogP contribution in [0.3, 0.4) is 0 Å². The smallest absolute Gasteiger partial charge is 0.152 e. The van der Waals surface area contributed by atoms with E-state index in [1.165, 1.54) is 12.1 Å². The quantitative estimate of drug-likeness (QED) is 0.643. The van der Waals surface area contributed by atoms with E-state index in [1.807, 2.05) is 35.9 Å². The van der Waals surface area contributed by atoms with Crippen molar-refractivity contribution in [2.75, 3.05) is 0 Å². The molecule has 0 atom stereocenters. The van der Waals surface area contributed by atoms with Crippen molar-refractivity contribution < 1.29 is 4.39 Å². The summed E-state index contributed by atoms with van der Waals surface area (Å²) in [5.41, 5.74) is 2.70. The molecule has 0 saturated carbocycles. The van der Waals surface area contributed by atoms with Gasteiger partial charge in [-0.25, -0.2) is 9.37 Å². The van der Waals surface area contributed by atoms with Crippen molar-refractivity contribution in [2.45, 2.75) is 0 Å². The topological polar surface area (TPSA) is 30.2 Å². The standard InChI is InChI=1S/C15H12FN3/c1-19-14-5-3-2-4-13(14)18-15(19)10-17-12-8-6-11(16)7-9-12/h2-10H,1H3. The molecule has 1 aromatic heterocycles. The van der Waals surface area contributed by atoms with Crippen LogP contribution in [-0.4, -0.2) is 15.8 Å². The molecule has 0 N–H and O–H groups in total. The van der Waals surface area contributed by atoms with Crippen molar-refractivity contribution in [3.8, 4) is 0 Å². The highest BCUT2D eigenvalue weighted by atomic mass is 19.1. The lowest BCUT2D eigenvalue weighted by molar-refractivity contribution is 0.628. The molecular formula is C15H12FN3. The van der Waals surface area contributed by atoms with E-state index in [-0.39, 0.29) is 5.82 Å². The van der Waals surface area contributed by atoms with E-state index in [0.717, 1.165) is 16.9 Å².